The predicted octanol–water partition coefficient (Wildman–Crippen LogP) is 1.40. The number of carbonyl (C=O) groups is 1. The maximum absolute atomic E-state index is 12.5. The van der Waals surface area contributed by atoms with Gasteiger partial charge >= 0.3 is 0 Å². The fourth-order valence-corrected chi connectivity index (χ4v) is 4.05. The van der Waals surface area contributed by atoms with Crippen molar-refractivity contribution in [1.29, 1.82) is 0 Å². The van der Waals surface area contributed by atoms with Crippen molar-refractivity contribution in [3.05, 3.63) is 29.8 Å². The lowest BCUT2D eigenvalue weighted by Gasteiger charge is -2.33. The van der Waals surface area contributed by atoms with Crippen molar-refractivity contribution in [2.45, 2.75) is 32.7 Å². The van der Waals surface area contributed by atoms with Gasteiger partial charge in [0.2, 0.25) is 5.91 Å². The highest BCUT2D eigenvalue weighted by Crippen LogP contribution is 2.20. The number of carbonyl (C=O) groups excluding carboxylic acids is 1. The zero-order valence-electron chi connectivity index (χ0n) is 15.9. The first kappa shape index (κ1) is 20.7. The van der Waals surface area contributed by atoms with E-state index in [4.69, 9.17) is 4.74 Å². The van der Waals surface area contributed by atoms with Gasteiger partial charge in [-0.15, -0.1) is 0 Å². The van der Waals surface area contributed by atoms with E-state index in [0.717, 1.165) is 11.3 Å². The van der Waals surface area contributed by atoms with Gasteiger partial charge in [0, 0.05) is 27.2 Å². The van der Waals surface area contributed by atoms with E-state index in [2.05, 4.69) is 5.32 Å². The number of rotatable bonds is 7. The lowest BCUT2D eigenvalue weighted by molar-refractivity contribution is -0.126. The molecule has 26 heavy (non-hydrogen) atoms. The van der Waals surface area contributed by atoms with Gasteiger partial charge in [-0.2, -0.15) is 17.0 Å². The third-order valence-corrected chi connectivity index (χ3v) is 6.36. The molecule has 0 radical (unpaired) electrons. The van der Waals surface area contributed by atoms with Crippen LogP contribution in [0, 0.1) is 12.8 Å². The SMILES string of the molecule is Cc1ccc(OC[C@H](C)NC(=O)[C@@H]2CCCN(S(=O)(=O)N(C)C)C2)cc1. The maximum atomic E-state index is 12.5. The molecule has 1 N–H and O–H groups in total. The minimum atomic E-state index is -3.48. The van der Waals surface area contributed by atoms with Crippen molar-refractivity contribution in [3.8, 4) is 5.75 Å². The van der Waals surface area contributed by atoms with Crippen molar-refractivity contribution in [2.24, 2.45) is 5.92 Å². The molecule has 1 aliphatic heterocycles. The van der Waals surface area contributed by atoms with Gasteiger partial charge < -0.3 is 10.1 Å². The van der Waals surface area contributed by atoms with E-state index in [1.807, 2.05) is 38.1 Å². The van der Waals surface area contributed by atoms with Crippen molar-refractivity contribution in [1.82, 2.24) is 13.9 Å². The molecule has 1 aromatic rings. The molecular formula is C18H29N3O4S. The lowest BCUT2D eigenvalue weighted by atomic mass is 9.98. The van der Waals surface area contributed by atoms with Crippen LogP contribution in [0.2, 0.25) is 0 Å². The van der Waals surface area contributed by atoms with Crippen molar-refractivity contribution in [2.75, 3.05) is 33.8 Å². The molecule has 0 aromatic heterocycles. The Morgan fingerprint density at radius 3 is 2.62 bits per heavy atom. The molecule has 0 spiro atoms. The Hall–Kier alpha value is -1.64. The van der Waals surface area contributed by atoms with Crippen LogP contribution in [0.3, 0.4) is 0 Å². The molecule has 2 atom stereocenters. The highest BCUT2D eigenvalue weighted by Gasteiger charge is 2.33. The predicted molar refractivity (Wildman–Crippen MR) is 101 cm³/mol. The third-order valence-electron chi connectivity index (χ3n) is 4.45. The van der Waals surface area contributed by atoms with Crippen molar-refractivity contribution < 1.29 is 17.9 Å². The lowest BCUT2D eigenvalue weighted by Crippen LogP contribution is -2.50. The molecule has 146 valence electrons. The first-order chi connectivity index (χ1) is 12.2. The highest BCUT2D eigenvalue weighted by molar-refractivity contribution is 7.86. The number of piperidine rings is 1. The quantitative estimate of drug-likeness (QED) is 0.772. The molecule has 1 saturated heterocycles. The zero-order valence-corrected chi connectivity index (χ0v) is 16.8. The number of amides is 1. The molecule has 0 aliphatic carbocycles. The van der Waals surface area contributed by atoms with Crippen LogP contribution in [0.1, 0.15) is 25.3 Å². The highest BCUT2D eigenvalue weighted by atomic mass is 32.2. The van der Waals surface area contributed by atoms with Gasteiger partial charge in [0.05, 0.1) is 12.0 Å². The van der Waals surface area contributed by atoms with E-state index < -0.39 is 10.2 Å². The molecule has 1 fully saturated rings. The fourth-order valence-electron chi connectivity index (χ4n) is 2.86. The summed E-state index contributed by atoms with van der Waals surface area (Å²) in [5.74, 6) is 0.307. The summed E-state index contributed by atoms with van der Waals surface area (Å²) in [7, 11) is -0.476. The van der Waals surface area contributed by atoms with Gasteiger partial charge in [-0.25, -0.2) is 0 Å². The number of hydrogen-bond acceptors (Lipinski definition) is 4. The summed E-state index contributed by atoms with van der Waals surface area (Å²) in [6.45, 7) is 4.93. The van der Waals surface area contributed by atoms with Crippen LogP contribution in [-0.4, -0.2) is 62.8 Å². The summed E-state index contributed by atoms with van der Waals surface area (Å²) in [6.07, 6.45) is 1.37. The molecule has 0 unspecified atom stereocenters. The second-order valence-electron chi connectivity index (χ2n) is 7.02. The Kier molecular flexibility index (Phi) is 7.02. The summed E-state index contributed by atoms with van der Waals surface area (Å²) in [5, 5.41) is 2.93. The Labute approximate surface area is 156 Å². The number of nitrogens with zero attached hydrogens (tertiary/aromatic N) is 2. The summed E-state index contributed by atoms with van der Waals surface area (Å²) in [6, 6.07) is 7.58. The number of ether oxygens (including phenoxy) is 1. The van der Waals surface area contributed by atoms with Crippen LogP contribution in [0.15, 0.2) is 24.3 Å². The molecule has 0 saturated carbocycles. The molecule has 1 aromatic carbocycles. The van der Waals surface area contributed by atoms with Gasteiger partial charge in [0.1, 0.15) is 12.4 Å². The molecule has 1 amide bonds. The van der Waals surface area contributed by atoms with Gasteiger partial charge in [-0.1, -0.05) is 17.7 Å². The van der Waals surface area contributed by atoms with Crippen molar-refractivity contribution >= 4 is 16.1 Å². The molecule has 8 heteroatoms. The normalized spacial score (nSPS) is 20.0. The van der Waals surface area contributed by atoms with Crippen LogP contribution in [-0.2, 0) is 15.0 Å². The average molecular weight is 384 g/mol. The fraction of sp³-hybridized carbons (Fsp3) is 0.611. The number of nitrogens with one attached hydrogen (secondary N) is 1. The third kappa shape index (κ3) is 5.43. The number of benzene rings is 1. The Bertz CT molecular complexity index is 704. The Morgan fingerprint density at radius 2 is 2.00 bits per heavy atom. The van der Waals surface area contributed by atoms with E-state index in [1.54, 1.807) is 0 Å². The standard InChI is InChI=1S/C18H29N3O4S/c1-14-7-9-17(10-8-14)25-13-15(2)19-18(22)16-6-5-11-21(12-16)26(23,24)20(3)4/h7-10,15-16H,5-6,11-13H2,1-4H3,(H,19,22)/t15-,16+/m0/s1. The van der Waals surface area contributed by atoms with Crippen LogP contribution in [0.4, 0.5) is 0 Å². The smallest absolute Gasteiger partial charge is 0.281 e. The van der Waals surface area contributed by atoms with E-state index in [0.29, 0.717) is 26.0 Å². The first-order valence-corrected chi connectivity index (χ1v) is 10.3. The minimum Gasteiger partial charge on any atom is -0.491 e. The minimum absolute atomic E-state index is 0.122. The van der Waals surface area contributed by atoms with Gasteiger partial charge in [-0.3, -0.25) is 4.79 Å². The second kappa shape index (κ2) is 8.83. The van der Waals surface area contributed by atoms with E-state index >= 15 is 0 Å². The van der Waals surface area contributed by atoms with Crippen molar-refractivity contribution in [3.63, 3.8) is 0 Å². The number of hydrogen-bond donors (Lipinski definition) is 1. The molecular weight excluding hydrogens is 354 g/mol. The summed E-state index contributed by atoms with van der Waals surface area (Å²) < 4.78 is 32.8. The Balaban J connectivity index is 1.85. The summed E-state index contributed by atoms with van der Waals surface area (Å²) in [5.41, 5.74) is 1.16. The van der Waals surface area contributed by atoms with Gasteiger partial charge in [0.15, 0.2) is 0 Å². The van der Waals surface area contributed by atoms with Crippen LogP contribution < -0.4 is 10.1 Å². The first-order valence-electron chi connectivity index (χ1n) is 8.87. The van der Waals surface area contributed by atoms with Gasteiger partial charge in [0.25, 0.3) is 10.2 Å². The topological polar surface area (TPSA) is 79.0 Å². The Morgan fingerprint density at radius 1 is 1.35 bits per heavy atom. The maximum Gasteiger partial charge on any atom is 0.281 e. The second-order valence-corrected chi connectivity index (χ2v) is 9.16. The van der Waals surface area contributed by atoms with Crippen LogP contribution in [0.5, 0.6) is 5.75 Å². The summed E-state index contributed by atoms with van der Waals surface area (Å²) >= 11 is 0. The molecule has 0 bridgehead atoms. The molecule has 7 nitrogen and oxygen atoms in total. The molecule has 1 heterocycles. The molecule has 2 rings (SSSR count). The van der Waals surface area contributed by atoms with E-state index in [1.165, 1.54) is 22.7 Å². The zero-order chi connectivity index (χ0) is 19.3. The monoisotopic (exact) mass is 383 g/mol. The summed E-state index contributed by atoms with van der Waals surface area (Å²) in [4.78, 5) is 12.5. The largest absolute Gasteiger partial charge is 0.491 e. The average Bonchev–Trinajstić information content (AvgIpc) is 2.61. The van der Waals surface area contributed by atoms with Crippen LogP contribution >= 0.6 is 0 Å². The van der Waals surface area contributed by atoms with E-state index in [-0.39, 0.29) is 24.4 Å². The molecule has 1 aliphatic rings. The number of aryl methyl sites for hydroxylation is 1. The van der Waals surface area contributed by atoms with Gasteiger partial charge in [-0.05, 0) is 38.8 Å². The van der Waals surface area contributed by atoms with E-state index in [9.17, 15) is 13.2 Å². The van der Waals surface area contributed by atoms with Crippen LogP contribution in [0.25, 0.3) is 0 Å².